The van der Waals surface area contributed by atoms with E-state index in [9.17, 15) is 14.4 Å². The first kappa shape index (κ1) is 36.2. The highest BCUT2D eigenvalue weighted by molar-refractivity contribution is 5.75. The summed E-state index contributed by atoms with van der Waals surface area (Å²) in [6.07, 6.45) is 15.1. The highest BCUT2D eigenvalue weighted by atomic mass is 16.6. The van der Waals surface area contributed by atoms with Crippen molar-refractivity contribution >= 4 is 17.8 Å². The number of unbranched alkanes of at least 4 members (excludes halogenated alkanes) is 11. The molecule has 10 nitrogen and oxygen atoms in total. The summed E-state index contributed by atoms with van der Waals surface area (Å²) in [5.74, 6) is -1.43. The van der Waals surface area contributed by atoms with Crippen molar-refractivity contribution in [3.63, 3.8) is 0 Å². The van der Waals surface area contributed by atoms with Crippen LogP contribution in [-0.2, 0) is 33.3 Å². The zero-order valence-corrected chi connectivity index (χ0v) is 23.4. The van der Waals surface area contributed by atoms with Crippen molar-refractivity contribution in [1.29, 1.82) is 0 Å². The molecule has 0 spiro atoms. The number of rotatable bonds is 31. The normalized spacial score (nSPS) is 11.1. The van der Waals surface area contributed by atoms with E-state index in [4.69, 9.17) is 29.2 Å². The summed E-state index contributed by atoms with van der Waals surface area (Å²) in [6, 6.07) is 0. The van der Waals surface area contributed by atoms with E-state index in [1.807, 2.05) is 0 Å². The van der Waals surface area contributed by atoms with Gasteiger partial charge in [-0.15, -0.1) is 0 Å². The Kier molecular flexibility index (Phi) is 28.4. The fourth-order valence-corrected chi connectivity index (χ4v) is 3.77. The maximum atomic E-state index is 11.9. The molecule has 0 unspecified atom stereocenters. The number of ether oxygens (including phenoxy) is 4. The van der Waals surface area contributed by atoms with Crippen molar-refractivity contribution in [2.45, 2.75) is 103 Å². The van der Waals surface area contributed by atoms with Crippen LogP contribution < -0.4 is 5.32 Å². The van der Waals surface area contributed by atoms with Gasteiger partial charge in [-0.3, -0.25) is 14.4 Å². The van der Waals surface area contributed by atoms with Crippen LogP contribution in [0.2, 0.25) is 0 Å². The van der Waals surface area contributed by atoms with Crippen LogP contribution in [0.1, 0.15) is 103 Å². The minimum atomic E-state index is -0.813. The van der Waals surface area contributed by atoms with Gasteiger partial charge in [0.15, 0.2) is 0 Å². The molecule has 0 fully saturated rings. The Balaban J connectivity index is 3.17. The Morgan fingerprint density at radius 1 is 0.421 bits per heavy atom. The van der Waals surface area contributed by atoms with Gasteiger partial charge in [0.2, 0.25) is 5.91 Å². The van der Waals surface area contributed by atoms with Gasteiger partial charge in [-0.1, -0.05) is 64.2 Å². The molecule has 0 aromatic heterocycles. The van der Waals surface area contributed by atoms with E-state index in [-0.39, 0.29) is 12.3 Å². The predicted molar refractivity (Wildman–Crippen MR) is 145 cm³/mol. The molecule has 0 aromatic rings. The van der Waals surface area contributed by atoms with Gasteiger partial charge in [0.1, 0.15) is 0 Å². The van der Waals surface area contributed by atoms with Gasteiger partial charge in [0, 0.05) is 32.4 Å². The van der Waals surface area contributed by atoms with E-state index in [2.05, 4.69) is 5.32 Å². The van der Waals surface area contributed by atoms with Crippen molar-refractivity contribution in [3.05, 3.63) is 0 Å². The number of nitrogens with one attached hydrogen (secondary N) is 1. The molecule has 0 aliphatic carbocycles. The van der Waals surface area contributed by atoms with Gasteiger partial charge >= 0.3 is 11.9 Å². The minimum absolute atomic E-state index is 0.0798. The zero-order chi connectivity index (χ0) is 27.9. The van der Waals surface area contributed by atoms with Crippen molar-refractivity contribution in [3.8, 4) is 0 Å². The average molecular weight is 548 g/mol. The number of carboxylic acid groups (broad SMARTS) is 2. The lowest BCUT2D eigenvalue weighted by atomic mass is 10.0. The molecule has 38 heavy (non-hydrogen) atoms. The molecule has 0 aliphatic heterocycles. The van der Waals surface area contributed by atoms with Crippen molar-refractivity contribution < 1.29 is 43.5 Å². The lowest BCUT2D eigenvalue weighted by Gasteiger charge is -2.08. The molecule has 0 aliphatic rings. The van der Waals surface area contributed by atoms with Crippen LogP contribution in [0.3, 0.4) is 0 Å². The van der Waals surface area contributed by atoms with E-state index in [0.717, 1.165) is 32.1 Å². The van der Waals surface area contributed by atoms with Crippen molar-refractivity contribution in [2.24, 2.45) is 0 Å². The fraction of sp³-hybridized carbons (Fsp3) is 0.893. The number of hydrogen-bond acceptors (Lipinski definition) is 7. The van der Waals surface area contributed by atoms with E-state index < -0.39 is 11.9 Å². The van der Waals surface area contributed by atoms with Crippen LogP contribution in [0, 0.1) is 0 Å². The first-order valence-corrected chi connectivity index (χ1v) is 14.5. The smallest absolute Gasteiger partial charge is 0.303 e. The average Bonchev–Trinajstić information content (AvgIpc) is 2.88. The summed E-state index contributed by atoms with van der Waals surface area (Å²) >= 11 is 0. The van der Waals surface area contributed by atoms with E-state index in [1.165, 1.54) is 44.9 Å². The Bertz CT molecular complexity index is 560. The Morgan fingerprint density at radius 3 is 1.21 bits per heavy atom. The monoisotopic (exact) mass is 547 g/mol. The molecule has 0 atom stereocenters. The van der Waals surface area contributed by atoms with Crippen LogP contribution in [0.15, 0.2) is 0 Å². The number of carbonyl (C=O) groups excluding carboxylic acids is 1. The SMILES string of the molecule is O=C(O)CCCCCCCCCCCCCCC(=O)NCCOCCOCCOCCOCCCC(=O)O. The topological polar surface area (TPSA) is 141 Å². The molecule has 0 saturated heterocycles. The molecule has 0 bridgehead atoms. The number of amides is 1. The summed E-state index contributed by atoms with van der Waals surface area (Å²) < 4.78 is 21.5. The van der Waals surface area contributed by atoms with Crippen LogP contribution in [0.5, 0.6) is 0 Å². The molecule has 1 amide bonds. The van der Waals surface area contributed by atoms with Crippen LogP contribution in [0.4, 0.5) is 0 Å². The van der Waals surface area contributed by atoms with Gasteiger partial charge in [0.25, 0.3) is 0 Å². The van der Waals surface area contributed by atoms with Crippen LogP contribution in [0.25, 0.3) is 0 Å². The second-order valence-electron chi connectivity index (χ2n) is 9.43. The highest BCUT2D eigenvalue weighted by Crippen LogP contribution is 2.13. The third-order valence-corrected chi connectivity index (χ3v) is 5.91. The maximum Gasteiger partial charge on any atom is 0.303 e. The van der Waals surface area contributed by atoms with Gasteiger partial charge in [0.05, 0.1) is 46.2 Å². The van der Waals surface area contributed by atoms with Crippen molar-refractivity contribution in [1.82, 2.24) is 5.32 Å². The molecule has 0 rings (SSSR count). The second-order valence-corrected chi connectivity index (χ2v) is 9.43. The summed E-state index contributed by atoms with van der Waals surface area (Å²) in [6.45, 7) is 4.16. The number of hydrogen-bond donors (Lipinski definition) is 3. The molecule has 0 saturated carbocycles. The molecular formula is C28H53NO9. The molecule has 224 valence electrons. The minimum Gasteiger partial charge on any atom is -0.481 e. The Hall–Kier alpha value is -1.75. The first-order chi connectivity index (χ1) is 18.5. The van der Waals surface area contributed by atoms with E-state index >= 15 is 0 Å². The maximum absolute atomic E-state index is 11.9. The summed E-state index contributed by atoms with van der Waals surface area (Å²) in [4.78, 5) is 32.7. The first-order valence-electron chi connectivity index (χ1n) is 14.5. The fourth-order valence-electron chi connectivity index (χ4n) is 3.77. The quantitative estimate of drug-likeness (QED) is 0.106. The third kappa shape index (κ3) is 32.3. The van der Waals surface area contributed by atoms with Gasteiger partial charge in [-0.25, -0.2) is 0 Å². The number of carbonyl (C=O) groups is 3. The molecule has 0 radical (unpaired) electrons. The lowest BCUT2D eigenvalue weighted by molar-refractivity contribution is -0.138. The van der Waals surface area contributed by atoms with Gasteiger partial charge < -0.3 is 34.5 Å². The zero-order valence-electron chi connectivity index (χ0n) is 23.4. The van der Waals surface area contributed by atoms with Crippen LogP contribution >= 0.6 is 0 Å². The second kappa shape index (κ2) is 29.8. The van der Waals surface area contributed by atoms with E-state index in [0.29, 0.717) is 78.7 Å². The Labute approximate surface area is 229 Å². The summed E-state index contributed by atoms with van der Waals surface area (Å²) in [5, 5.41) is 20.0. The van der Waals surface area contributed by atoms with Crippen LogP contribution in [-0.4, -0.2) is 87.5 Å². The van der Waals surface area contributed by atoms with Gasteiger partial charge in [-0.2, -0.15) is 0 Å². The Morgan fingerprint density at radius 2 is 0.763 bits per heavy atom. The predicted octanol–water partition coefficient (Wildman–Crippen LogP) is 4.58. The molecule has 10 heteroatoms. The molecule has 0 aromatic carbocycles. The molecule has 0 heterocycles. The summed E-state index contributed by atoms with van der Waals surface area (Å²) in [5.41, 5.74) is 0. The van der Waals surface area contributed by atoms with E-state index in [1.54, 1.807) is 0 Å². The third-order valence-electron chi connectivity index (χ3n) is 5.91. The lowest BCUT2D eigenvalue weighted by Crippen LogP contribution is -2.27. The van der Waals surface area contributed by atoms with Gasteiger partial charge in [-0.05, 0) is 19.3 Å². The molecular weight excluding hydrogens is 494 g/mol. The largest absolute Gasteiger partial charge is 0.481 e. The highest BCUT2D eigenvalue weighted by Gasteiger charge is 2.01. The van der Waals surface area contributed by atoms with Crippen molar-refractivity contribution in [2.75, 3.05) is 59.4 Å². The number of carboxylic acids is 2. The molecule has 3 N–H and O–H groups in total. The standard InChI is InChI=1S/C28H53NO9/c30-26(14-11-9-7-5-3-1-2-4-6-8-10-12-15-27(31)32)29-17-19-36-21-23-38-25-24-37-22-20-35-18-13-16-28(33)34/h1-25H2,(H,29,30)(H,31,32)(H,33,34). The summed E-state index contributed by atoms with van der Waals surface area (Å²) in [7, 11) is 0. The number of aliphatic carboxylic acids is 2.